The van der Waals surface area contributed by atoms with Crippen molar-refractivity contribution < 1.29 is 0 Å². The van der Waals surface area contributed by atoms with Gasteiger partial charge in [-0.25, -0.2) is 0 Å². The average Bonchev–Trinajstić information content (AvgIpc) is 2.90. The zero-order valence-electron chi connectivity index (χ0n) is 11.0. The summed E-state index contributed by atoms with van der Waals surface area (Å²) in [5, 5.41) is 5.81. The molecule has 0 saturated carbocycles. The molecule has 1 saturated heterocycles. The largest absolute Gasteiger partial charge is 0.308 e. The molecule has 2 nitrogen and oxygen atoms in total. The molecular formula is C14H24N2S. The number of likely N-dealkylation sites (tertiary alicyclic amines) is 1. The minimum atomic E-state index is 0.488. The predicted octanol–water partition coefficient (Wildman–Crippen LogP) is 3.27. The Hall–Kier alpha value is -0.380. The highest BCUT2D eigenvalue weighted by molar-refractivity contribution is 7.10. The summed E-state index contributed by atoms with van der Waals surface area (Å²) in [5.41, 5.74) is 0. The van der Waals surface area contributed by atoms with Crippen LogP contribution in [0.3, 0.4) is 0 Å². The number of nitrogens with one attached hydrogen (secondary N) is 1. The number of nitrogens with zero attached hydrogens (tertiary/aromatic N) is 1. The maximum atomic E-state index is 3.65. The maximum absolute atomic E-state index is 3.65. The van der Waals surface area contributed by atoms with E-state index in [9.17, 15) is 0 Å². The molecule has 1 fully saturated rings. The zero-order valence-corrected chi connectivity index (χ0v) is 11.8. The molecule has 1 N–H and O–H groups in total. The molecule has 17 heavy (non-hydrogen) atoms. The molecule has 0 amide bonds. The zero-order chi connectivity index (χ0) is 12.1. The summed E-state index contributed by atoms with van der Waals surface area (Å²) in [5.74, 6) is 0. The van der Waals surface area contributed by atoms with Gasteiger partial charge in [-0.05, 0) is 51.2 Å². The van der Waals surface area contributed by atoms with Gasteiger partial charge in [0.15, 0.2) is 0 Å². The van der Waals surface area contributed by atoms with E-state index < -0.39 is 0 Å². The molecule has 1 aromatic rings. The minimum absolute atomic E-state index is 0.488. The Morgan fingerprint density at radius 2 is 2.06 bits per heavy atom. The highest BCUT2D eigenvalue weighted by Crippen LogP contribution is 2.18. The van der Waals surface area contributed by atoms with Crippen LogP contribution in [-0.4, -0.2) is 30.6 Å². The first-order valence-electron chi connectivity index (χ1n) is 6.78. The topological polar surface area (TPSA) is 15.3 Å². The first-order valence-corrected chi connectivity index (χ1v) is 7.66. The summed E-state index contributed by atoms with van der Waals surface area (Å²) >= 11 is 1.84. The molecular weight excluding hydrogens is 228 g/mol. The van der Waals surface area contributed by atoms with Crippen molar-refractivity contribution in [3.8, 4) is 0 Å². The van der Waals surface area contributed by atoms with E-state index in [0.717, 1.165) is 6.54 Å². The second kappa shape index (κ2) is 6.53. The van der Waals surface area contributed by atoms with Crippen molar-refractivity contribution in [2.24, 2.45) is 0 Å². The van der Waals surface area contributed by atoms with Crippen LogP contribution in [0.2, 0.25) is 0 Å². The molecule has 1 aromatic heterocycles. The van der Waals surface area contributed by atoms with E-state index in [1.807, 2.05) is 11.3 Å². The van der Waals surface area contributed by atoms with E-state index in [2.05, 4.69) is 41.6 Å². The normalized spacial score (nSPS) is 21.3. The van der Waals surface area contributed by atoms with Crippen LogP contribution < -0.4 is 5.32 Å². The number of thiophene rings is 1. The number of hydrogen-bond donors (Lipinski definition) is 1. The lowest BCUT2D eigenvalue weighted by Crippen LogP contribution is -2.43. The fourth-order valence-corrected chi connectivity index (χ4v) is 3.23. The first-order chi connectivity index (χ1) is 8.27. The highest BCUT2D eigenvalue weighted by atomic mass is 32.1. The summed E-state index contributed by atoms with van der Waals surface area (Å²) in [6.45, 7) is 8.28. The van der Waals surface area contributed by atoms with Gasteiger partial charge >= 0.3 is 0 Å². The van der Waals surface area contributed by atoms with Gasteiger partial charge in [0, 0.05) is 23.5 Å². The van der Waals surface area contributed by atoms with Crippen LogP contribution in [0.1, 0.15) is 44.0 Å². The molecule has 3 heteroatoms. The third-order valence-corrected chi connectivity index (χ3v) is 4.76. The van der Waals surface area contributed by atoms with Crippen LogP contribution >= 0.6 is 11.3 Å². The van der Waals surface area contributed by atoms with Crippen LogP contribution in [0.25, 0.3) is 0 Å². The van der Waals surface area contributed by atoms with Gasteiger partial charge in [-0.1, -0.05) is 12.5 Å². The lowest BCUT2D eigenvalue weighted by atomic mass is 10.1. The molecule has 0 aliphatic carbocycles. The minimum Gasteiger partial charge on any atom is -0.308 e. The Balaban J connectivity index is 1.73. The molecule has 2 rings (SSSR count). The van der Waals surface area contributed by atoms with Gasteiger partial charge in [0.25, 0.3) is 0 Å². The number of rotatable bonds is 5. The third-order valence-electron chi connectivity index (χ3n) is 3.70. The molecule has 1 aliphatic rings. The van der Waals surface area contributed by atoms with Gasteiger partial charge in [-0.15, -0.1) is 11.3 Å². The van der Waals surface area contributed by atoms with Crippen molar-refractivity contribution in [1.82, 2.24) is 10.2 Å². The maximum Gasteiger partial charge on any atom is 0.0386 e. The van der Waals surface area contributed by atoms with E-state index in [1.54, 1.807) is 0 Å². The fourth-order valence-electron chi connectivity index (χ4n) is 2.47. The quantitative estimate of drug-likeness (QED) is 0.865. The van der Waals surface area contributed by atoms with Crippen molar-refractivity contribution >= 4 is 11.3 Å². The van der Waals surface area contributed by atoms with Gasteiger partial charge in [0.05, 0.1) is 0 Å². The SMILES string of the molecule is CC(NCC(C)N1CCCCC1)c1cccs1. The van der Waals surface area contributed by atoms with Crippen LogP contribution in [-0.2, 0) is 0 Å². The van der Waals surface area contributed by atoms with Crippen molar-refractivity contribution in [3.63, 3.8) is 0 Å². The lowest BCUT2D eigenvalue weighted by molar-refractivity contribution is 0.168. The molecule has 2 unspecified atom stereocenters. The van der Waals surface area contributed by atoms with Crippen molar-refractivity contribution in [2.45, 2.75) is 45.2 Å². The fraction of sp³-hybridized carbons (Fsp3) is 0.714. The Labute approximate surface area is 109 Å². The van der Waals surface area contributed by atoms with Crippen LogP contribution in [0, 0.1) is 0 Å². The lowest BCUT2D eigenvalue weighted by Gasteiger charge is -2.33. The Bertz CT molecular complexity index is 304. The second-order valence-electron chi connectivity index (χ2n) is 5.09. The first kappa shape index (κ1) is 13.1. The van der Waals surface area contributed by atoms with Crippen molar-refractivity contribution in [2.75, 3.05) is 19.6 Å². The molecule has 0 aromatic carbocycles. The van der Waals surface area contributed by atoms with E-state index in [4.69, 9.17) is 0 Å². The van der Waals surface area contributed by atoms with Crippen molar-refractivity contribution in [1.29, 1.82) is 0 Å². The summed E-state index contributed by atoms with van der Waals surface area (Å²) in [7, 11) is 0. The van der Waals surface area contributed by atoms with E-state index in [-0.39, 0.29) is 0 Å². The molecule has 0 bridgehead atoms. The summed E-state index contributed by atoms with van der Waals surface area (Å²) in [4.78, 5) is 4.06. The van der Waals surface area contributed by atoms with Gasteiger partial charge in [-0.3, -0.25) is 4.90 Å². The molecule has 0 spiro atoms. The summed E-state index contributed by atoms with van der Waals surface area (Å²) < 4.78 is 0. The van der Waals surface area contributed by atoms with Gasteiger partial charge in [0.2, 0.25) is 0 Å². The second-order valence-corrected chi connectivity index (χ2v) is 6.07. The van der Waals surface area contributed by atoms with E-state index in [1.165, 1.54) is 37.2 Å². The molecule has 0 radical (unpaired) electrons. The van der Waals surface area contributed by atoms with Crippen LogP contribution in [0.4, 0.5) is 0 Å². The van der Waals surface area contributed by atoms with Gasteiger partial charge in [-0.2, -0.15) is 0 Å². The third kappa shape index (κ3) is 3.80. The summed E-state index contributed by atoms with van der Waals surface area (Å²) in [6.07, 6.45) is 4.18. The Morgan fingerprint density at radius 1 is 1.29 bits per heavy atom. The Kier molecular flexibility index (Phi) is 5.01. The van der Waals surface area contributed by atoms with Crippen LogP contribution in [0.15, 0.2) is 17.5 Å². The van der Waals surface area contributed by atoms with Gasteiger partial charge < -0.3 is 5.32 Å². The average molecular weight is 252 g/mol. The summed E-state index contributed by atoms with van der Waals surface area (Å²) in [6, 6.07) is 5.50. The monoisotopic (exact) mass is 252 g/mol. The predicted molar refractivity (Wildman–Crippen MR) is 75.6 cm³/mol. The van der Waals surface area contributed by atoms with Gasteiger partial charge in [0.1, 0.15) is 0 Å². The molecule has 96 valence electrons. The molecule has 2 atom stereocenters. The number of hydrogen-bond acceptors (Lipinski definition) is 3. The van der Waals surface area contributed by atoms with E-state index in [0.29, 0.717) is 12.1 Å². The van der Waals surface area contributed by atoms with E-state index >= 15 is 0 Å². The standard InChI is InChI=1S/C14H24N2S/c1-12(16-8-4-3-5-9-16)11-15-13(2)14-7-6-10-17-14/h6-7,10,12-13,15H,3-5,8-9,11H2,1-2H3. The highest BCUT2D eigenvalue weighted by Gasteiger charge is 2.17. The number of piperidine rings is 1. The van der Waals surface area contributed by atoms with Crippen molar-refractivity contribution in [3.05, 3.63) is 22.4 Å². The molecule has 2 heterocycles. The molecule has 1 aliphatic heterocycles. The smallest absolute Gasteiger partial charge is 0.0386 e. The Morgan fingerprint density at radius 3 is 2.71 bits per heavy atom. The van der Waals surface area contributed by atoms with Crippen LogP contribution in [0.5, 0.6) is 0 Å².